The summed E-state index contributed by atoms with van der Waals surface area (Å²) in [4.78, 5) is 15.9. The number of rotatable bonds is 7. The molecule has 1 aliphatic rings. The van der Waals surface area contributed by atoms with Crippen LogP contribution in [-0.4, -0.2) is 62.1 Å². The van der Waals surface area contributed by atoms with E-state index >= 15 is 0 Å². The summed E-state index contributed by atoms with van der Waals surface area (Å²) in [5.41, 5.74) is 1.50. The second kappa shape index (κ2) is 8.63. The van der Waals surface area contributed by atoms with E-state index in [4.69, 9.17) is 4.74 Å². The molecule has 1 fully saturated rings. The lowest BCUT2D eigenvalue weighted by molar-refractivity contribution is -0.135. The van der Waals surface area contributed by atoms with Crippen molar-refractivity contribution in [2.75, 3.05) is 40.4 Å². The van der Waals surface area contributed by atoms with Crippen molar-refractivity contribution in [2.45, 2.75) is 39.2 Å². The SMILES string of the molecule is CC(C)N1CCC(COCC(=O)N(C)C)(Cc2ccccc2)CC1. The normalized spacial score (nSPS) is 17.9. The van der Waals surface area contributed by atoms with Crippen LogP contribution in [0.25, 0.3) is 0 Å². The van der Waals surface area contributed by atoms with Gasteiger partial charge in [-0.25, -0.2) is 0 Å². The fourth-order valence-electron chi connectivity index (χ4n) is 3.40. The van der Waals surface area contributed by atoms with Crippen molar-refractivity contribution >= 4 is 5.91 Å². The molecule has 24 heavy (non-hydrogen) atoms. The topological polar surface area (TPSA) is 32.8 Å². The van der Waals surface area contributed by atoms with Gasteiger partial charge in [0.15, 0.2) is 0 Å². The summed E-state index contributed by atoms with van der Waals surface area (Å²) >= 11 is 0. The number of ether oxygens (including phenoxy) is 1. The monoisotopic (exact) mass is 332 g/mol. The first kappa shape index (κ1) is 18.9. The molecule has 4 heteroatoms. The van der Waals surface area contributed by atoms with Gasteiger partial charge >= 0.3 is 0 Å². The van der Waals surface area contributed by atoms with E-state index in [0.29, 0.717) is 12.6 Å². The zero-order valence-electron chi connectivity index (χ0n) is 15.6. The number of amides is 1. The number of nitrogens with zero attached hydrogens (tertiary/aromatic N) is 2. The number of piperidine rings is 1. The third kappa shape index (κ3) is 5.32. The summed E-state index contributed by atoms with van der Waals surface area (Å²) in [6, 6.07) is 11.2. The highest BCUT2D eigenvalue weighted by Crippen LogP contribution is 2.36. The molecule has 4 nitrogen and oxygen atoms in total. The van der Waals surface area contributed by atoms with Crippen LogP contribution in [0, 0.1) is 5.41 Å². The highest BCUT2D eigenvalue weighted by molar-refractivity contribution is 5.76. The summed E-state index contributed by atoms with van der Waals surface area (Å²) in [6.45, 7) is 7.57. The van der Waals surface area contributed by atoms with Crippen molar-refractivity contribution in [1.82, 2.24) is 9.80 Å². The molecule has 0 saturated carbocycles. The largest absolute Gasteiger partial charge is 0.371 e. The van der Waals surface area contributed by atoms with Gasteiger partial charge in [-0.2, -0.15) is 0 Å². The van der Waals surface area contributed by atoms with Gasteiger partial charge in [0.05, 0.1) is 6.61 Å². The lowest BCUT2D eigenvalue weighted by Crippen LogP contribution is -2.46. The fraction of sp³-hybridized carbons (Fsp3) is 0.650. The maximum absolute atomic E-state index is 11.8. The highest BCUT2D eigenvalue weighted by Gasteiger charge is 2.35. The molecule has 0 N–H and O–H groups in total. The Labute approximate surface area is 146 Å². The standard InChI is InChI=1S/C20H32N2O2/c1-17(2)22-12-10-20(11-13-22,14-18-8-6-5-7-9-18)16-24-15-19(23)21(3)4/h5-9,17H,10-16H2,1-4H3. The smallest absolute Gasteiger partial charge is 0.248 e. The van der Waals surface area contributed by atoms with Crippen molar-refractivity contribution in [3.63, 3.8) is 0 Å². The van der Waals surface area contributed by atoms with Gasteiger partial charge in [-0.05, 0) is 51.8 Å². The Morgan fingerprint density at radius 1 is 1.21 bits per heavy atom. The average molecular weight is 332 g/mol. The predicted molar refractivity (Wildman–Crippen MR) is 98.0 cm³/mol. The van der Waals surface area contributed by atoms with Gasteiger partial charge in [0, 0.05) is 25.6 Å². The van der Waals surface area contributed by atoms with Gasteiger partial charge in [0.25, 0.3) is 0 Å². The Hall–Kier alpha value is -1.39. The Bertz CT molecular complexity index is 506. The van der Waals surface area contributed by atoms with Crippen LogP contribution in [0.4, 0.5) is 0 Å². The molecule has 0 aliphatic carbocycles. The number of carbonyl (C=O) groups excluding carboxylic acids is 1. The van der Waals surface area contributed by atoms with Crippen LogP contribution in [-0.2, 0) is 16.0 Å². The molecule has 0 unspecified atom stereocenters. The van der Waals surface area contributed by atoms with E-state index in [1.54, 1.807) is 19.0 Å². The third-order valence-corrected chi connectivity index (χ3v) is 5.14. The van der Waals surface area contributed by atoms with Crippen molar-refractivity contribution in [3.8, 4) is 0 Å². The van der Waals surface area contributed by atoms with Crippen LogP contribution >= 0.6 is 0 Å². The molecule has 1 amide bonds. The molecule has 0 radical (unpaired) electrons. The van der Waals surface area contributed by atoms with Crippen LogP contribution in [0.1, 0.15) is 32.3 Å². The number of likely N-dealkylation sites (tertiary alicyclic amines) is 1. The molecule has 0 aromatic heterocycles. The van der Waals surface area contributed by atoms with E-state index in [-0.39, 0.29) is 17.9 Å². The highest BCUT2D eigenvalue weighted by atomic mass is 16.5. The van der Waals surface area contributed by atoms with Crippen LogP contribution in [0.15, 0.2) is 30.3 Å². The maximum Gasteiger partial charge on any atom is 0.248 e. The molecule has 1 heterocycles. The minimum atomic E-state index is 0.0319. The molecule has 2 rings (SSSR count). The number of likely N-dealkylation sites (N-methyl/N-ethyl adjacent to an activating group) is 1. The van der Waals surface area contributed by atoms with Crippen LogP contribution in [0.2, 0.25) is 0 Å². The van der Waals surface area contributed by atoms with Gasteiger partial charge in [-0.15, -0.1) is 0 Å². The Balaban J connectivity index is 2.00. The van der Waals surface area contributed by atoms with Gasteiger partial charge in [0.2, 0.25) is 5.91 Å². The quantitative estimate of drug-likeness (QED) is 0.770. The molecule has 0 atom stereocenters. The second-order valence-electron chi connectivity index (χ2n) is 7.57. The van der Waals surface area contributed by atoms with Crippen molar-refractivity contribution in [2.24, 2.45) is 5.41 Å². The van der Waals surface area contributed by atoms with E-state index in [0.717, 1.165) is 32.4 Å². The summed E-state index contributed by atoms with van der Waals surface area (Å²) in [7, 11) is 3.54. The van der Waals surface area contributed by atoms with E-state index in [1.807, 2.05) is 0 Å². The Kier molecular flexibility index (Phi) is 6.81. The lowest BCUT2D eigenvalue weighted by atomic mass is 9.74. The van der Waals surface area contributed by atoms with Gasteiger partial charge in [0.1, 0.15) is 6.61 Å². The molecular formula is C20H32N2O2. The first-order valence-corrected chi connectivity index (χ1v) is 8.98. The van der Waals surface area contributed by atoms with Gasteiger partial charge in [-0.3, -0.25) is 4.79 Å². The first-order valence-electron chi connectivity index (χ1n) is 8.98. The molecular weight excluding hydrogens is 300 g/mol. The van der Waals surface area contributed by atoms with E-state index in [9.17, 15) is 4.79 Å². The Morgan fingerprint density at radius 2 is 1.83 bits per heavy atom. The summed E-state index contributed by atoms with van der Waals surface area (Å²) in [5.74, 6) is 0.0319. The number of carbonyl (C=O) groups is 1. The fourth-order valence-corrected chi connectivity index (χ4v) is 3.40. The van der Waals surface area contributed by atoms with Crippen LogP contribution in [0.3, 0.4) is 0 Å². The van der Waals surface area contributed by atoms with E-state index in [1.165, 1.54) is 5.56 Å². The van der Waals surface area contributed by atoms with Crippen molar-refractivity contribution < 1.29 is 9.53 Å². The average Bonchev–Trinajstić information content (AvgIpc) is 2.56. The zero-order chi connectivity index (χ0) is 17.6. The molecule has 1 aliphatic heterocycles. The minimum absolute atomic E-state index is 0.0319. The summed E-state index contributed by atoms with van der Waals surface area (Å²) in [6.07, 6.45) is 3.27. The first-order chi connectivity index (χ1) is 11.4. The summed E-state index contributed by atoms with van der Waals surface area (Å²) in [5, 5.41) is 0. The molecule has 134 valence electrons. The van der Waals surface area contributed by atoms with Crippen molar-refractivity contribution in [1.29, 1.82) is 0 Å². The Morgan fingerprint density at radius 3 is 2.38 bits per heavy atom. The molecule has 0 spiro atoms. The lowest BCUT2D eigenvalue weighted by Gasteiger charge is -2.43. The predicted octanol–water partition coefficient (Wildman–Crippen LogP) is 2.82. The molecule has 1 saturated heterocycles. The van der Waals surface area contributed by atoms with E-state index in [2.05, 4.69) is 49.1 Å². The maximum atomic E-state index is 11.8. The number of benzene rings is 1. The number of hydrogen-bond acceptors (Lipinski definition) is 3. The van der Waals surface area contributed by atoms with Crippen LogP contribution < -0.4 is 0 Å². The van der Waals surface area contributed by atoms with E-state index < -0.39 is 0 Å². The zero-order valence-corrected chi connectivity index (χ0v) is 15.6. The molecule has 0 bridgehead atoms. The van der Waals surface area contributed by atoms with Crippen molar-refractivity contribution in [3.05, 3.63) is 35.9 Å². The molecule has 1 aromatic carbocycles. The number of hydrogen-bond donors (Lipinski definition) is 0. The van der Waals surface area contributed by atoms with Gasteiger partial charge < -0.3 is 14.5 Å². The minimum Gasteiger partial charge on any atom is -0.371 e. The van der Waals surface area contributed by atoms with Gasteiger partial charge in [-0.1, -0.05) is 30.3 Å². The molecule has 1 aromatic rings. The third-order valence-electron chi connectivity index (χ3n) is 5.14. The van der Waals surface area contributed by atoms with Crippen LogP contribution in [0.5, 0.6) is 0 Å². The second-order valence-corrected chi connectivity index (χ2v) is 7.57. The summed E-state index contributed by atoms with van der Waals surface area (Å²) < 4.78 is 5.86.